The largest absolute Gasteiger partial charge is 0.366 e. The van der Waals surface area contributed by atoms with Crippen LogP contribution in [0, 0.1) is 18.3 Å². The molecule has 1 fully saturated rings. The third kappa shape index (κ3) is 3.51. The number of piperidine rings is 1. The third-order valence-corrected chi connectivity index (χ3v) is 4.21. The Morgan fingerprint density at radius 3 is 2.62 bits per heavy atom. The molecule has 0 unspecified atom stereocenters. The monoisotopic (exact) mass is 321 g/mol. The predicted octanol–water partition coefficient (Wildman–Crippen LogP) is 2.37. The lowest BCUT2D eigenvalue weighted by Crippen LogP contribution is -2.42. The van der Waals surface area contributed by atoms with Crippen molar-refractivity contribution in [3.05, 3.63) is 53.5 Å². The quantitative estimate of drug-likeness (QED) is 0.938. The molecule has 0 saturated carbocycles. The van der Waals surface area contributed by atoms with Gasteiger partial charge in [-0.3, -0.25) is 9.78 Å². The third-order valence-electron chi connectivity index (χ3n) is 4.21. The number of carbonyl (C=O) groups excluding carboxylic acids is 1. The molecule has 1 saturated heterocycles. The van der Waals surface area contributed by atoms with Crippen molar-refractivity contribution in [3.8, 4) is 6.07 Å². The summed E-state index contributed by atoms with van der Waals surface area (Å²) in [5.74, 6) is 0.679. The Kier molecular flexibility index (Phi) is 4.71. The van der Waals surface area contributed by atoms with Crippen LogP contribution < -0.4 is 5.32 Å². The minimum absolute atomic E-state index is 0.0437. The van der Waals surface area contributed by atoms with Gasteiger partial charge in [0.2, 0.25) is 0 Å². The molecule has 6 heteroatoms. The van der Waals surface area contributed by atoms with Gasteiger partial charge in [0.1, 0.15) is 11.9 Å². The van der Waals surface area contributed by atoms with Gasteiger partial charge >= 0.3 is 0 Å². The maximum atomic E-state index is 12.4. The highest BCUT2D eigenvalue weighted by Gasteiger charge is 2.24. The summed E-state index contributed by atoms with van der Waals surface area (Å²) in [6, 6.07) is 9.48. The zero-order chi connectivity index (χ0) is 16.9. The molecule has 1 N–H and O–H groups in total. The first kappa shape index (κ1) is 15.9. The van der Waals surface area contributed by atoms with E-state index in [4.69, 9.17) is 0 Å². The van der Waals surface area contributed by atoms with Crippen LogP contribution in [0.3, 0.4) is 0 Å². The fourth-order valence-corrected chi connectivity index (χ4v) is 2.85. The molecule has 1 amide bonds. The van der Waals surface area contributed by atoms with Gasteiger partial charge in [0.15, 0.2) is 0 Å². The van der Waals surface area contributed by atoms with Gasteiger partial charge in [-0.05, 0) is 44.0 Å². The molecule has 0 radical (unpaired) electrons. The van der Waals surface area contributed by atoms with Gasteiger partial charge in [-0.25, -0.2) is 4.98 Å². The minimum Gasteiger partial charge on any atom is -0.366 e. The van der Waals surface area contributed by atoms with Crippen molar-refractivity contribution in [3.63, 3.8) is 0 Å². The van der Waals surface area contributed by atoms with Crippen LogP contribution in [0.2, 0.25) is 0 Å². The molecule has 24 heavy (non-hydrogen) atoms. The average Bonchev–Trinajstić information content (AvgIpc) is 2.63. The number of nitrogens with one attached hydrogen (secondary N) is 1. The van der Waals surface area contributed by atoms with E-state index in [1.54, 1.807) is 30.6 Å². The van der Waals surface area contributed by atoms with E-state index in [0.29, 0.717) is 30.0 Å². The lowest BCUT2D eigenvalue weighted by atomic mass is 10.0. The smallest absolute Gasteiger partial charge is 0.253 e. The second-order valence-corrected chi connectivity index (χ2v) is 5.91. The highest BCUT2D eigenvalue weighted by atomic mass is 16.2. The number of carbonyl (C=O) groups is 1. The summed E-state index contributed by atoms with van der Waals surface area (Å²) >= 11 is 0. The molecule has 1 aliphatic rings. The molecule has 2 aromatic rings. The number of aromatic nitrogens is 2. The maximum absolute atomic E-state index is 12.4. The molecule has 0 spiro atoms. The first-order valence-corrected chi connectivity index (χ1v) is 8.01. The number of nitriles is 1. The highest BCUT2D eigenvalue weighted by molar-refractivity contribution is 5.94. The Labute approximate surface area is 141 Å². The average molecular weight is 321 g/mol. The molecular weight excluding hydrogens is 302 g/mol. The molecule has 0 atom stereocenters. The molecule has 0 aromatic carbocycles. The summed E-state index contributed by atoms with van der Waals surface area (Å²) in [7, 11) is 0. The van der Waals surface area contributed by atoms with Gasteiger partial charge < -0.3 is 10.2 Å². The maximum Gasteiger partial charge on any atom is 0.253 e. The second kappa shape index (κ2) is 7.09. The van der Waals surface area contributed by atoms with E-state index in [1.165, 1.54) is 0 Å². The molecule has 3 rings (SSSR count). The number of aryl methyl sites for hydroxylation is 1. The van der Waals surface area contributed by atoms with Crippen LogP contribution in [0.4, 0.5) is 5.82 Å². The number of nitrogens with zero attached hydrogens (tertiary/aromatic N) is 4. The number of likely N-dealkylation sites (tertiary alicyclic amines) is 1. The normalized spacial score (nSPS) is 14.9. The number of pyridine rings is 2. The molecule has 2 aromatic heterocycles. The fraction of sp³-hybridized carbons (Fsp3) is 0.333. The Hall–Kier alpha value is -2.94. The zero-order valence-corrected chi connectivity index (χ0v) is 13.6. The first-order chi connectivity index (χ1) is 11.7. The van der Waals surface area contributed by atoms with Gasteiger partial charge in [-0.15, -0.1) is 0 Å². The summed E-state index contributed by atoms with van der Waals surface area (Å²) in [6.45, 7) is 3.28. The molecule has 3 heterocycles. The van der Waals surface area contributed by atoms with Crippen LogP contribution in [0.5, 0.6) is 0 Å². The van der Waals surface area contributed by atoms with E-state index >= 15 is 0 Å². The standard InChI is InChI=1S/C18H19N5O/c1-13-2-3-15(12-19)17(21-13)22-16-6-10-23(11-7-16)18(24)14-4-8-20-9-5-14/h2-5,8-9,16H,6-7,10-11H2,1H3,(H,21,22). The van der Waals surface area contributed by atoms with E-state index < -0.39 is 0 Å². The SMILES string of the molecule is Cc1ccc(C#N)c(NC2CCN(C(=O)c3ccncc3)CC2)n1. The Balaban J connectivity index is 1.61. The van der Waals surface area contributed by atoms with Gasteiger partial charge in [-0.1, -0.05) is 0 Å². The molecular formula is C18H19N5O. The first-order valence-electron chi connectivity index (χ1n) is 8.01. The Bertz CT molecular complexity index is 761. The van der Waals surface area contributed by atoms with E-state index in [-0.39, 0.29) is 11.9 Å². The highest BCUT2D eigenvalue weighted by Crippen LogP contribution is 2.19. The van der Waals surface area contributed by atoms with Crippen molar-refractivity contribution >= 4 is 11.7 Å². The Morgan fingerprint density at radius 2 is 1.96 bits per heavy atom. The number of anilines is 1. The molecule has 6 nitrogen and oxygen atoms in total. The lowest BCUT2D eigenvalue weighted by Gasteiger charge is -2.32. The molecule has 0 bridgehead atoms. The van der Waals surface area contributed by atoms with Crippen LogP contribution in [-0.2, 0) is 0 Å². The summed E-state index contributed by atoms with van der Waals surface area (Å²) in [5, 5.41) is 12.6. The van der Waals surface area contributed by atoms with Gasteiger partial charge in [0.25, 0.3) is 5.91 Å². The van der Waals surface area contributed by atoms with E-state index in [1.807, 2.05) is 17.9 Å². The van der Waals surface area contributed by atoms with Crippen LogP contribution in [0.15, 0.2) is 36.7 Å². The van der Waals surface area contributed by atoms with E-state index in [9.17, 15) is 10.1 Å². The second-order valence-electron chi connectivity index (χ2n) is 5.91. The summed E-state index contributed by atoms with van der Waals surface area (Å²) in [4.78, 5) is 22.7. The van der Waals surface area contributed by atoms with Crippen LogP contribution in [-0.4, -0.2) is 39.9 Å². The fourth-order valence-electron chi connectivity index (χ4n) is 2.85. The number of amides is 1. The van der Waals surface area contributed by atoms with E-state index in [0.717, 1.165) is 18.5 Å². The topological polar surface area (TPSA) is 81.9 Å². The summed E-state index contributed by atoms with van der Waals surface area (Å²) in [6.07, 6.45) is 4.93. The lowest BCUT2D eigenvalue weighted by molar-refractivity contribution is 0.0718. The van der Waals surface area contributed by atoms with Crippen molar-refractivity contribution in [2.45, 2.75) is 25.8 Å². The van der Waals surface area contributed by atoms with Gasteiger partial charge in [0.05, 0.1) is 5.56 Å². The zero-order valence-electron chi connectivity index (χ0n) is 13.6. The predicted molar refractivity (Wildman–Crippen MR) is 90.5 cm³/mol. The molecule has 122 valence electrons. The molecule has 1 aliphatic heterocycles. The minimum atomic E-state index is 0.0437. The Morgan fingerprint density at radius 1 is 1.25 bits per heavy atom. The van der Waals surface area contributed by atoms with Crippen molar-refractivity contribution in [1.82, 2.24) is 14.9 Å². The van der Waals surface area contributed by atoms with Crippen LogP contribution in [0.1, 0.15) is 34.5 Å². The number of hydrogen-bond acceptors (Lipinski definition) is 5. The van der Waals surface area contributed by atoms with E-state index in [2.05, 4.69) is 21.4 Å². The van der Waals surface area contributed by atoms with Crippen molar-refractivity contribution in [1.29, 1.82) is 5.26 Å². The van der Waals surface area contributed by atoms with Crippen LogP contribution >= 0.6 is 0 Å². The summed E-state index contributed by atoms with van der Waals surface area (Å²) < 4.78 is 0. The summed E-state index contributed by atoms with van der Waals surface area (Å²) in [5.41, 5.74) is 2.10. The number of rotatable bonds is 3. The van der Waals surface area contributed by atoms with Crippen molar-refractivity contribution in [2.75, 3.05) is 18.4 Å². The van der Waals surface area contributed by atoms with Gasteiger partial charge in [0, 0.05) is 42.8 Å². The number of hydrogen-bond donors (Lipinski definition) is 1. The van der Waals surface area contributed by atoms with Crippen LogP contribution in [0.25, 0.3) is 0 Å². The molecule has 0 aliphatic carbocycles. The van der Waals surface area contributed by atoms with Gasteiger partial charge in [-0.2, -0.15) is 5.26 Å². The van der Waals surface area contributed by atoms with Crippen molar-refractivity contribution in [2.24, 2.45) is 0 Å². The van der Waals surface area contributed by atoms with Crippen molar-refractivity contribution < 1.29 is 4.79 Å².